The van der Waals surface area contributed by atoms with Crippen molar-refractivity contribution in [2.45, 2.75) is 13.0 Å². The summed E-state index contributed by atoms with van der Waals surface area (Å²) in [5.41, 5.74) is 5.59. The van der Waals surface area contributed by atoms with E-state index in [1.54, 1.807) is 28.4 Å². The molecule has 4 rings (SSSR count). The number of fused-ring (bicyclic) bond motifs is 4. The molecule has 2 aromatic carbocycles. The first-order valence-corrected chi connectivity index (χ1v) is 8.82. The van der Waals surface area contributed by atoms with Crippen LogP contribution in [0.1, 0.15) is 35.2 Å². The third kappa shape index (κ3) is 2.53. The number of nitrogens with zero attached hydrogens (tertiary/aromatic N) is 1. The molecule has 0 saturated carbocycles. The van der Waals surface area contributed by atoms with E-state index >= 15 is 0 Å². The highest BCUT2D eigenvalue weighted by Crippen LogP contribution is 2.48. The number of benzene rings is 2. The third-order valence-electron chi connectivity index (χ3n) is 5.29. The first kappa shape index (κ1) is 17.3. The van der Waals surface area contributed by atoms with E-state index in [9.17, 15) is 0 Å². The molecule has 0 bridgehead atoms. The monoisotopic (exact) mass is 365 g/mol. The fourth-order valence-electron chi connectivity index (χ4n) is 3.90. The van der Waals surface area contributed by atoms with Gasteiger partial charge in [-0.2, -0.15) is 0 Å². The maximum Gasteiger partial charge on any atom is 0.168 e. The standard InChI is InChI=1S/C22H23NO4/c1-13-17-12-21(26-4)20(25-3)11-14(17)10-18-15-6-7-19(24-2)22(27-5)16(15)8-9-23(13)18/h6-13H,1-5H3. The van der Waals surface area contributed by atoms with Gasteiger partial charge in [0.1, 0.15) is 0 Å². The summed E-state index contributed by atoms with van der Waals surface area (Å²) in [5.74, 6) is 2.95. The first-order chi connectivity index (χ1) is 13.1. The molecule has 0 amide bonds. The van der Waals surface area contributed by atoms with Crippen LogP contribution in [0.2, 0.25) is 0 Å². The maximum absolute atomic E-state index is 5.62. The summed E-state index contributed by atoms with van der Waals surface area (Å²) in [7, 11) is 6.64. The SMILES string of the molecule is COc1cc2c(cc1OC)C(C)N1C=Cc3c(ccc(OC)c3OC)C1=C2. The molecule has 0 fully saturated rings. The van der Waals surface area contributed by atoms with Crippen molar-refractivity contribution in [1.29, 1.82) is 0 Å². The Hall–Kier alpha value is -3.08. The fraction of sp³-hybridized carbons (Fsp3) is 0.273. The van der Waals surface area contributed by atoms with Crippen LogP contribution in [0.15, 0.2) is 30.5 Å². The highest BCUT2D eigenvalue weighted by atomic mass is 16.5. The van der Waals surface area contributed by atoms with E-state index in [2.05, 4.69) is 42.3 Å². The molecule has 1 unspecified atom stereocenters. The second-order valence-corrected chi connectivity index (χ2v) is 6.53. The maximum atomic E-state index is 5.62. The van der Waals surface area contributed by atoms with Gasteiger partial charge >= 0.3 is 0 Å². The van der Waals surface area contributed by atoms with Gasteiger partial charge in [-0.15, -0.1) is 0 Å². The molecule has 2 aliphatic heterocycles. The van der Waals surface area contributed by atoms with Crippen molar-refractivity contribution >= 4 is 17.8 Å². The second kappa shape index (κ2) is 6.58. The summed E-state index contributed by atoms with van der Waals surface area (Å²) in [6.45, 7) is 2.19. The second-order valence-electron chi connectivity index (χ2n) is 6.53. The van der Waals surface area contributed by atoms with Gasteiger partial charge in [0.25, 0.3) is 0 Å². The molecule has 0 aliphatic carbocycles. The van der Waals surface area contributed by atoms with E-state index in [0.717, 1.165) is 45.4 Å². The van der Waals surface area contributed by atoms with Gasteiger partial charge in [0.05, 0.1) is 34.5 Å². The quantitative estimate of drug-likeness (QED) is 0.793. The topological polar surface area (TPSA) is 40.2 Å². The molecule has 5 nitrogen and oxygen atoms in total. The summed E-state index contributed by atoms with van der Waals surface area (Å²) in [4.78, 5) is 2.27. The van der Waals surface area contributed by atoms with Crippen LogP contribution in [-0.2, 0) is 0 Å². The minimum Gasteiger partial charge on any atom is -0.493 e. The van der Waals surface area contributed by atoms with Crippen molar-refractivity contribution in [1.82, 2.24) is 4.90 Å². The number of hydrogen-bond donors (Lipinski definition) is 0. The van der Waals surface area contributed by atoms with Crippen molar-refractivity contribution in [3.8, 4) is 23.0 Å². The van der Waals surface area contributed by atoms with Crippen LogP contribution >= 0.6 is 0 Å². The van der Waals surface area contributed by atoms with Crippen LogP contribution in [0.25, 0.3) is 17.8 Å². The minimum absolute atomic E-state index is 0.164. The van der Waals surface area contributed by atoms with Crippen LogP contribution in [0.3, 0.4) is 0 Å². The number of hydrogen-bond acceptors (Lipinski definition) is 5. The zero-order valence-corrected chi connectivity index (χ0v) is 16.2. The Labute approximate surface area is 159 Å². The lowest BCUT2D eigenvalue weighted by Crippen LogP contribution is -2.26. The van der Waals surface area contributed by atoms with Crippen LogP contribution in [0.5, 0.6) is 23.0 Å². The van der Waals surface area contributed by atoms with Gasteiger partial charge in [0.15, 0.2) is 23.0 Å². The van der Waals surface area contributed by atoms with Crippen LogP contribution < -0.4 is 18.9 Å². The largest absolute Gasteiger partial charge is 0.493 e. The van der Waals surface area contributed by atoms with E-state index in [4.69, 9.17) is 18.9 Å². The first-order valence-electron chi connectivity index (χ1n) is 8.82. The van der Waals surface area contributed by atoms with Crippen molar-refractivity contribution in [3.63, 3.8) is 0 Å². The lowest BCUT2D eigenvalue weighted by atomic mass is 9.89. The molecule has 0 spiro atoms. The number of methoxy groups -OCH3 is 4. The average molecular weight is 365 g/mol. The molecule has 140 valence electrons. The molecular formula is C22H23NO4. The molecule has 5 heteroatoms. The average Bonchev–Trinajstić information content (AvgIpc) is 2.71. The Kier molecular flexibility index (Phi) is 4.22. The van der Waals surface area contributed by atoms with Crippen molar-refractivity contribution in [3.05, 3.63) is 52.7 Å². The van der Waals surface area contributed by atoms with Gasteiger partial charge in [-0.3, -0.25) is 0 Å². The van der Waals surface area contributed by atoms with Gasteiger partial charge in [-0.1, -0.05) is 0 Å². The number of ether oxygens (including phenoxy) is 4. The number of rotatable bonds is 4. The fourth-order valence-corrected chi connectivity index (χ4v) is 3.90. The molecule has 1 atom stereocenters. The van der Waals surface area contributed by atoms with Gasteiger partial charge in [-0.25, -0.2) is 0 Å². The van der Waals surface area contributed by atoms with E-state index < -0.39 is 0 Å². The summed E-state index contributed by atoms with van der Waals surface area (Å²) >= 11 is 0. The Balaban J connectivity index is 1.92. The van der Waals surface area contributed by atoms with Gasteiger partial charge in [0.2, 0.25) is 0 Å². The molecule has 2 heterocycles. The Morgan fingerprint density at radius 2 is 1.56 bits per heavy atom. The normalized spacial score (nSPS) is 16.7. The van der Waals surface area contributed by atoms with Crippen molar-refractivity contribution in [2.75, 3.05) is 28.4 Å². The van der Waals surface area contributed by atoms with E-state index in [1.807, 2.05) is 12.1 Å². The zero-order chi connectivity index (χ0) is 19.1. The van der Waals surface area contributed by atoms with Gasteiger partial charge in [0, 0.05) is 23.0 Å². The van der Waals surface area contributed by atoms with Crippen molar-refractivity contribution < 1.29 is 18.9 Å². The van der Waals surface area contributed by atoms with E-state index in [0.29, 0.717) is 0 Å². The molecule has 27 heavy (non-hydrogen) atoms. The molecule has 0 aromatic heterocycles. The summed E-state index contributed by atoms with van der Waals surface area (Å²) in [6, 6.07) is 8.29. The molecule has 0 saturated heterocycles. The molecule has 2 aromatic rings. The Morgan fingerprint density at radius 3 is 2.22 bits per heavy atom. The molecule has 0 radical (unpaired) electrons. The molecule has 0 N–H and O–H groups in total. The minimum atomic E-state index is 0.164. The highest BCUT2D eigenvalue weighted by Gasteiger charge is 2.30. The van der Waals surface area contributed by atoms with Gasteiger partial charge < -0.3 is 23.8 Å². The summed E-state index contributed by atoms with van der Waals surface area (Å²) < 4.78 is 22.0. The van der Waals surface area contributed by atoms with Gasteiger partial charge in [-0.05, 0) is 54.5 Å². The third-order valence-corrected chi connectivity index (χ3v) is 5.29. The van der Waals surface area contributed by atoms with Crippen molar-refractivity contribution in [2.24, 2.45) is 0 Å². The summed E-state index contributed by atoms with van der Waals surface area (Å²) in [6.07, 6.45) is 6.36. The Morgan fingerprint density at radius 1 is 0.852 bits per heavy atom. The lowest BCUT2D eigenvalue weighted by molar-refractivity contribution is 0.350. The molecular weight excluding hydrogens is 342 g/mol. The summed E-state index contributed by atoms with van der Waals surface area (Å²) in [5, 5.41) is 0. The van der Waals surface area contributed by atoms with Crippen LogP contribution in [-0.4, -0.2) is 33.3 Å². The highest BCUT2D eigenvalue weighted by molar-refractivity contribution is 5.92. The Bertz CT molecular complexity index is 961. The van der Waals surface area contributed by atoms with E-state index in [1.165, 1.54) is 5.56 Å². The van der Waals surface area contributed by atoms with Crippen LogP contribution in [0, 0.1) is 0 Å². The smallest absolute Gasteiger partial charge is 0.168 e. The van der Waals surface area contributed by atoms with E-state index in [-0.39, 0.29) is 6.04 Å². The van der Waals surface area contributed by atoms with Crippen LogP contribution in [0.4, 0.5) is 0 Å². The predicted molar refractivity (Wildman–Crippen MR) is 106 cm³/mol. The predicted octanol–water partition coefficient (Wildman–Crippen LogP) is 4.58. The zero-order valence-electron chi connectivity index (χ0n) is 16.2. The lowest BCUT2D eigenvalue weighted by Gasteiger charge is -2.38. The molecule has 2 aliphatic rings.